The number of sulfone groups is 1. The van der Waals surface area contributed by atoms with Crippen LogP contribution in [0.4, 0.5) is 11.5 Å². The lowest BCUT2D eigenvalue weighted by Gasteiger charge is -2.34. The quantitative estimate of drug-likeness (QED) is 0.838. The highest BCUT2D eigenvalue weighted by Gasteiger charge is 2.23. The summed E-state index contributed by atoms with van der Waals surface area (Å²) >= 11 is 0. The number of para-hydroxylation sites is 1. The van der Waals surface area contributed by atoms with E-state index in [4.69, 9.17) is 0 Å². The maximum absolute atomic E-state index is 12.4. The summed E-state index contributed by atoms with van der Waals surface area (Å²) in [5.74, 6) is 1.04. The Labute approximate surface area is 155 Å². The summed E-state index contributed by atoms with van der Waals surface area (Å²) in [6.07, 6.45) is 4.54. The van der Waals surface area contributed by atoms with Crippen molar-refractivity contribution in [2.24, 2.45) is 0 Å². The summed E-state index contributed by atoms with van der Waals surface area (Å²) in [6, 6.07) is 9.39. The van der Waals surface area contributed by atoms with Gasteiger partial charge in [0, 0.05) is 30.9 Å². The first-order chi connectivity index (χ1) is 12.5. The Hall–Kier alpha value is -2.15. The van der Waals surface area contributed by atoms with Crippen molar-refractivity contribution in [3.63, 3.8) is 0 Å². The number of piperidine rings is 1. The highest BCUT2D eigenvalue weighted by atomic mass is 32.2. The number of benzene rings is 1. The molecule has 3 rings (SSSR count). The second kappa shape index (κ2) is 8.03. The second-order valence-corrected chi connectivity index (χ2v) is 8.80. The van der Waals surface area contributed by atoms with Crippen LogP contribution in [-0.2, 0) is 16.3 Å². The molecule has 2 aromatic rings. The average molecular weight is 375 g/mol. The van der Waals surface area contributed by atoms with Crippen LogP contribution < -0.4 is 10.2 Å². The Bertz CT molecular complexity index is 854. The number of rotatable bonds is 6. The second-order valence-electron chi connectivity index (χ2n) is 6.55. The van der Waals surface area contributed by atoms with Crippen LogP contribution in [0.15, 0.2) is 41.6 Å². The van der Waals surface area contributed by atoms with E-state index < -0.39 is 9.84 Å². The molecule has 0 radical (unpaired) electrons. The summed E-state index contributed by atoms with van der Waals surface area (Å²) in [5.41, 5.74) is 1.72. The lowest BCUT2D eigenvalue weighted by molar-refractivity contribution is 0.525. The SMILES string of the molecule is CCc1cc(N2CCCC(Nc3ccccc3S(=O)(=O)CC)C2)ncn1. The zero-order valence-corrected chi connectivity index (χ0v) is 16.2. The minimum absolute atomic E-state index is 0.100. The maximum Gasteiger partial charge on any atom is 0.180 e. The van der Waals surface area contributed by atoms with Crippen molar-refractivity contribution >= 4 is 21.3 Å². The molecule has 7 heteroatoms. The number of hydrogen-bond acceptors (Lipinski definition) is 6. The van der Waals surface area contributed by atoms with Crippen molar-refractivity contribution in [2.75, 3.05) is 29.1 Å². The van der Waals surface area contributed by atoms with Crippen molar-refractivity contribution in [3.8, 4) is 0 Å². The van der Waals surface area contributed by atoms with Crippen LogP contribution in [0.3, 0.4) is 0 Å². The number of aryl methyl sites for hydroxylation is 1. The molecule has 1 aromatic carbocycles. The van der Waals surface area contributed by atoms with Crippen LogP contribution in [0.2, 0.25) is 0 Å². The minimum Gasteiger partial charge on any atom is -0.379 e. The van der Waals surface area contributed by atoms with E-state index in [-0.39, 0.29) is 11.8 Å². The van der Waals surface area contributed by atoms with Crippen LogP contribution >= 0.6 is 0 Å². The van der Waals surface area contributed by atoms with Gasteiger partial charge in [0.1, 0.15) is 12.1 Å². The van der Waals surface area contributed by atoms with E-state index in [1.165, 1.54) is 0 Å². The third-order valence-corrected chi connectivity index (χ3v) is 6.56. The predicted octanol–water partition coefficient (Wildman–Crippen LogP) is 2.91. The van der Waals surface area contributed by atoms with E-state index in [2.05, 4.69) is 27.1 Å². The van der Waals surface area contributed by atoms with Gasteiger partial charge in [-0.2, -0.15) is 0 Å². The molecule has 1 fully saturated rings. The van der Waals surface area contributed by atoms with Crippen molar-refractivity contribution < 1.29 is 8.42 Å². The van der Waals surface area contributed by atoms with Gasteiger partial charge in [-0.3, -0.25) is 0 Å². The molecule has 26 heavy (non-hydrogen) atoms. The molecule has 1 atom stereocenters. The van der Waals surface area contributed by atoms with E-state index in [9.17, 15) is 8.42 Å². The van der Waals surface area contributed by atoms with Crippen molar-refractivity contribution in [2.45, 2.75) is 44.0 Å². The smallest absolute Gasteiger partial charge is 0.180 e. The number of aromatic nitrogens is 2. The fraction of sp³-hybridized carbons (Fsp3) is 0.474. The molecule has 0 saturated carbocycles. The Morgan fingerprint density at radius 1 is 1.23 bits per heavy atom. The first kappa shape index (κ1) is 18.6. The lowest BCUT2D eigenvalue weighted by atomic mass is 10.1. The van der Waals surface area contributed by atoms with Gasteiger partial charge in [0.05, 0.1) is 16.3 Å². The van der Waals surface area contributed by atoms with Crippen LogP contribution in [0, 0.1) is 0 Å². The molecule has 1 aliphatic rings. The summed E-state index contributed by atoms with van der Waals surface area (Å²) in [5, 5.41) is 3.45. The van der Waals surface area contributed by atoms with Crippen molar-refractivity contribution in [3.05, 3.63) is 42.4 Å². The van der Waals surface area contributed by atoms with Gasteiger partial charge in [0.2, 0.25) is 0 Å². The molecule has 1 saturated heterocycles. The highest BCUT2D eigenvalue weighted by molar-refractivity contribution is 7.91. The molecular weight excluding hydrogens is 348 g/mol. The van der Waals surface area contributed by atoms with Crippen LogP contribution in [0.5, 0.6) is 0 Å². The van der Waals surface area contributed by atoms with Gasteiger partial charge in [0.15, 0.2) is 9.84 Å². The number of hydrogen-bond donors (Lipinski definition) is 1. The van der Waals surface area contributed by atoms with Crippen LogP contribution in [-0.4, -0.2) is 43.3 Å². The van der Waals surface area contributed by atoms with Gasteiger partial charge >= 0.3 is 0 Å². The normalized spacial score (nSPS) is 17.9. The van der Waals surface area contributed by atoms with Gasteiger partial charge in [0.25, 0.3) is 0 Å². The maximum atomic E-state index is 12.4. The lowest BCUT2D eigenvalue weighted by Crippen LogP contribution is -2.42. The molecule has 0 aliphatic carbocycles. The van der Waals surface area contributed by atoms with E-state index >= 15 is 0 Å². The minimum atomic E-state index is -3.25. The average Bonchev–Trinajstić information content (AvgIpc) is 2.68. The zero-order chi connectivity index (χ0) is 18.6. The Kier molecular flexibility index (Phi) is 5.76. The molecule has 140 valence electrons. The van der Waals surface area contributed by atoms with E-state index in [1.807, 2.05) is 18.2 Å². The van der Waals surface area contributed by atoms with Crippen LogP contribution in [0.1, 0.15) is 32.4 Å². The van der Waals surface area contributed by atoms with E-state index in [0.717, 1.165) is 43.9 Å². The van der Waals surface area contributed by atoms with E-state index in [1.54, 1.807) is 25.4 Å². The third-order valence-electron chi connectivity index (χ3n) is 4.78. The van der Waals surface area contributed by atoms with Crippen molar-refractivity contribution in [1.29, 1.82) is 0 Å². The molecule has 0 spiro atoms. The third kappa shape index (κ3) is 4.15. The summed E-state index contributed by atoms with van der Waals surface area (Å²) in [6.45, 7) is 5.50. The van der Waals surface area contributed by atoms with Crippen molar-refractivity contribution in [1.82, 2.24) is 9.97 Å². The topological polar surface area (TPSA) is 75.2 Å². The van der Waals surface area contributed by atoms with Gasteiger partial charge < -0.3 is 10.2 Å². The first-order valence-corrected chi connectivity index (χ1v) is 10.8. The van der Waals surface area contributed by atoms with Gasteiger partial charge in [-0.15, -0.1) is 0 Å². The Morgan fingerprint density at radius 2 is 2.04 bits per heavy atom. The summed E-state index contributed by atoms with van der Waals surface area (Å²) in [7, 11) is -3.25. The fourth-order valence-electron chi connectivity index (χ4n) is 3.29. The Balaban J connectivity index is 1.77. The van der Waals surface area contributed by atoms with Gasteiger partial charge in [-0.05, 0) is 31.4 Å². The number of nitrogens with zero attached hydrogens (tertiary/aromatic N) is 3. The molecule has 0 amide bonds. The summed E-state index contributed by atoms with van der Waals surface area (Å²) in [4.78, 5) is 11.3. The predicted molar refractivity (Wildman–Crippen MR) is 104 cm³/mol. The molecular formula is C19H26N4O2S. The zero-order valence-electron chi connectivity index (χ0n) is 15.4. The molecule has 1 aliphatic heterocycles. The molecule has 0 bridgehead atoms. The monoisotopic (exact) mass is 374 g/mol. The molecule has 1 aromatic heterocycles. The molecule has 6 nitrogen and oxygen atoms in total. The Morgan fingerprint density at radius 3 is 2.81 bits per heavy atom. The molecule has 1 N–H and O–H groups in total. The standard InChI is InChI=1S/C19H26N4O2S/c1-3-15-12-19(21-14-20-15)23-11-7-8-16(13-23)22-17-9-5-6-10-18(17)26(24,25)4-2/h5-6,9-10,12,14,16,22H,3-4,7-8,11,13H2,1-2H3. The number of anilines is 2. The molecule has 1 unspecified atom stereocenters. The summed E-state index contributed by atoms with van der Waals surface area (Å²) < 4.78 is 24.7. The fourth-order valence-corrected chi connectivity index (χ4v) is 4.35. The molecule has 2 heterocycles. The first-order valence-electron chi connectivity index (χ1n) is 9.17. The van der Waals surface area contributed by atoms with Crippen LogP contribution in [0.25, 0.3) is 0 Å². The highest BCUT2D eigenvalue weighted by Crippen LogP contribution is 2.26. The van der Waals surface area contributed by atoms with Gasteiger partial charge in [-0.1, -0.05) is 26.0 Å². The van der Waals surface area contributed by atoms with E-state index in [0.29, 0.717) is 10.6 Å². The van der Waals surface area contributed by atoms with Gasteiger partial charge in [-0.25, -0.2) is 18.4 Å². The number of nitrogens with one attached hydrogen (secondary N) is 1. The largest absolute Gasteiger partial charge is 0.379 e.